The van der Waals surface area contributed by atoms with Crippen LogP contribution in [-0.4, -0.2) is 27.4 Å². The average Bonchev–Trinajstić information content (AvgIpc) is 3.46. The zero-order chi connectivity index (χ0) is 21.8. The van der Waals surface area contributed by atoms with Crippen LogP contribution in [0.2, 0.25) is 0 Å². The average molecular weight is 435 g/mol. The minimum absolute atomic E-state index is 0.148. The zero-order valence-corrected chi connectivity index (χ0v) is 18.6. The van der Waals surface area contributed by atoms with Crippen molar-refractivity contribution in [2.24, 2.45) is 0 Å². The van der Waals surface area contributed by atoms with Crippen molar-refractivity contribution in [3.8, 4) is 0 Å². The van der Waals surface area contributed by atoms with Gasteiger partial charge in [-0.05, 0) is 55.4 Å². The molecule has 2 amide bonds. The molecule has 1 N–H and O–H groups in total. The molecule has 0 saturated heterocycles. The van der Waals surface area contributed by atoms with Crippen molar-refractivity contribution in [2.75, 3.05) is 4.90 Å². The molecule has 0 bridgehead atoms. The van der Waals surface area contributed by atoms with E-state index in [4.69, 9.17) is 0 Å². The molecule has 6 nitrogen and oxygen atoms in total. The highest BCUT2D eigenvalue weighted by Crippen LogP contribution is 2.33. The number of amides is 2. The molecule has 1 fully saturated rings. The normalized spacial score (nSPS) is 14.9. The second-order valence-corrected chi connectivity index (χ2v) is 8.67. The van der Waals surface area contributed by atoms with Gasteiger partial charge in [-0.15, -0.1) is 5.10 Å². The van der Waals surface area contributed by atoms with E-state index in [9.17, 15) is 9.59 Å². The maximum atomic E-state index is 13.7. The molecule has 1 saturated carbocycles. The number of nitrogens with zero attached hydrogens (tertiary/aromatic N) is 3. The number of carbonyl (C=O) groups is 2. The number of aryl methyl sites for hydroxylation is 2. The Hall–Kier alpha value is -3.06. The summed E-state index contributed by atoms with van der Waals surface area (Å²) in [5.74, 6) is -0.506. The molecule has 1 atom stereocenters. The van der Waals surface area contributed by atoms with Gasteiger partial charge in [-0.3, -0.25) is 14.5 Å². The van der Waals surface area contributed by atoms with Gasteiger partial charge < -0.3 is 5.32 Å². The smallest absolute Gasteiger partial charge is 0.280 e. The summed E-state index contributed by atoms with van der Waals surface area (Å²) in [4.78, 5) is 28.9. The van der Waals surface area contributed by atoms with E-state index in [2.05, 4.69) is 14.9 Å². The van der Waals surface area contributed by atoms with E-state index >= 15 is 0 Å². The van der Waals surface area contributed by atoms with Crippen LogP contribution in [0, 0.1) is 13.8 Å². The molecular formula is C24H26N4O2S. The van der Waals surface area contributed by atoms with Crippen molar-refractivity contribution >= 4 is 29.0 Å². The first kappa shape index (κ1) is 21.2. The molecule has 0 aliphatic heterocycles. The van der Waals surface area contributed by atoms with Gasteiger partial charge in [-0.1, -0.05) is 65.4 Å². The number of hydrogen-bond acceptors (Lipinski definition) is 5. The van der Waals surface area contributed by atoms with Crippen LogP contribution in [0.3, 0.4) is 0 Å². The Morgan fingerprint density at radius 3 is 2.55 bits per heavy atom. The summed E-state index contributed by atoms with van der Waals surface area (Å²) in [5.41, 5.74) is 3.64. The summed E-state index contributed by atoms with van der Waals surface area (Å²) >= 11 is 1.12. The van der Waals surface area contributed by atoms with Gasteiger partial charge in [-0.25, -0.2) is 0 Å². The Balaban J connectivity index is 1.83. The van der Waals surface area contributed by atoms with E-state index < -0.39 is 6.04 Å². The standard InChI is InChI=1S/C24H26N4O2S/c1-16-8-7-10-18(14-16)22(23(29)25-19-11-4-5-12-19)28(21-13-6-3-9-17(21)2)24(30)20-15-31-27-26-20/h3,6-10,13-15,19,22H,4-5,11-12H2,1-2H3,(H,25,29). The fourth-order valence-electron chi connectivity index (χ4n) is 4.19. The third-order valence-corrected chi connectivity index (χ3v) is 6.24. The van der Waals surface area contributed by atoms with Crippen LogP contribution in [0.15, 0.2) is 53.9 Å². The van der Waals surface area contributed by atoms with Gasteiger partial charge in [0.25, 0.3) is 5.91 Å². The maximum Gasteiger partial charge on any atom is 0.280 e. The zero-order valence-electron chi connectivity index (χ0n) is 17.7. The molecule has 1 aromatic heterocycles. The van der Waals surface area contributed by atoms with Crippen molar-refractivity contribution in [3.05, 3.63) is 76.3 Å². The van der Waals surface area contributed by atoms with Crippen LogP contribution in [0.1, 0.15) is 58.9 Å². The Kier molecular flexibility index (Phi) is 6.42. The first-order valence-electron chi connectivity index (χ1n) is 10.6. The topological polar surface area (TPSA) is 75.2 Å². The molecule has 160 valence electrons. The van der Waals surface area contributed by atoms with Gasteiger partial charge in [0.05, 0.1) is 0 Å². The Bertz CT molecular complexity index is 1060. The van der Waals surface area contributed by atoms with Crippen LogP contribution in [0.4, 0.5) is 5.69 Å². The quantitative estimate of drug-likeness (QED) is 0.615. The lowest BCUT2D eigenvalue weighted by Gasteiger charge is -2.33. The molecule has 0 spiro atoms. The first-order valence-corrected chi connectivity index (χ1v) is 11.4. The Morgan fingerprint density at radius 2 is 1.87 bits per heavy atom. The highest BCUT2D eigenvalue weighted by atomic mass is 32.1. The third kappa shape index (κ3) is 4.66. The van der Waals surface area contributed by atoms with Crippen LogP contribution < -0.4 is 10.2 Å². The summed E-state index contributed by atoms with van der Waals surface area (Å²) < 4.78 is 3.86. The van der Waals surface area contributed by atoms with Crippen molar-refractivity contribution in [2.45, 2.75) is 51.6 Å². The van der Waals surface area contributed by atoms with E-state index in [1.807, 2.05) is 62.4 Å². The third-order valence-electron chi connectivity index (χ3n) is 5.74. The number of para-hydroxylation sites is 1. The second kappa shape index (κ2) is 9.39. The summed E-state index contributed by atoms with van der Waals surface area (Å²) in [6.07, 6.45) is 4.18. The number of aromatic nitrogens is 2. The maximum absolute atomic E-state index is 13.7. The monoisotopic (exact) mass is 434 g/mol. The number of carbonyl (C=O) groups excluding carboxylic acids is 2. The highest BCUT2D eigenvalue weighted by Gasteiger charge is 2.36. The van der Waals surface area contributed by atoms with Gasteiger partial charge in [0.1, 0.15) is 6.04 Å². The molecule has 0 radical (unpaired) electrons. The predicted molar refractivity (Wildman–Crippen MR) is 122 cm³/mol. The van der Waals surface area contributed by atoms with Gasteiger partial charge >= 0.3 is 0 Å². The molecule has 1 aliphatic carbocycles. The Morgan fingerprint density at radius 1 is 1.10 bits per heavy atom. The van der Waals surface area contributed by atoms with E-state index in [-0.39, 0.29) is 23.6 Å². The van der Waals surface area contributed by atoms with Gasteiger partial charge in [0.2, 0.25) is 5.91 Å². The number of nitrogens with one attached hydrogen (secondary N) is 1. The van der Waals surface area contributed by atoms with E-state index in [0.717, 1.165) is 53.9 Å². The van der Waals surface area contributed by atoms with E-state index in [1.54, 1.807) is 10.3 Å². The fourth-order valence-corrected chi connectivity index (χ4v) is 4.62. The van der Waals surface area contributed by atoms with Crippen LogP contribution >= 0.6 is 11.5 Å². The molecule has 1 aliphatic rings. The molecule has 31 heavy (non-hydrogen) atoms. The molecule has 1 heterocycles. The van der Waals surface area contributed by atoms with Crippen LogP contribution in [0.25, 0.3) is 0 Å². The fraction of sp³-hybridized carbons (Fsp3) is 0.333. The van der Waals surface area contributed by atoms with Crippen molar-refractivity contribution in [1.82, 2.24) is 14.9 Å². The van der Waals surface area contributed by atoms with Crippen LogP contribution in [-0.2, 0) is 4.79 Å². The van der Waals surface area contributed by atoms with Gasteiger partial charge in [-0.2, -0.15) is 0 Å². The van der Waals surface area contributed by atoms with Crippen LogP contribution in [0.5, 0.6) is 0 Å². The number of anilines is 1. The van der Waals surface area contributed by atoms with E-state index in [0.29, 0.717) is 5.69 Å². The lowest BCUT2D eigenvalue weighted by atomic mass is 9.99. The molecule has 7 heteroatoms. The summed E-state index contributed by atoms with van der Waals surface area (Å²) in [7, 11) is 0. The molecule has 2 aromatic carbocycles. The predicted octanol–water partition coefficient (Wildman–Crippen LogP) is 4.60. The minimum Gasteiger partial charge on any atom is -0.351 e. The lowest BCUT2D eigenvalue weighted by molar-refractivity contribution is -0.123. The molecule has 1 unspecified atom stereocenters. The largest absolute Gasteiger partial charge is 0.351 e. The lowest BCUT2D eigenvalue weighted by Crippen LogP contribution is -2.46. The van der Waals surface area contributed by atoms with Crippen molar-refractivity contribution in [3.63, 3.8) is 0 Å². The minimum atomic E-state index is -0.809. The van der Waals surface area contributed by atoms with Gasteiger partial charge in [0.15, 0.2) is 5.69 Å². The number of hydrogen-bond donors (Lipinski definition) is 1. The summed E-state index contributed by atoms with van der Waals surface area (Å²) in [5, 5.41) is 8.82. The number of benzene rings is 2. The first-order chi connectivity index (χ1) is 15.0. The second-order valence-electron chi connectivity index (χ2n) is 8.06. The van der Waals surface area contributed by atoms with E-state index in [1.165, 1.54) is 0 Å². The molecular weight excluding hydrogens is 408 g/mol. The molecule has 3 aromatic rings. The SMILES string of the molecule is Cc1cccc(C(C(=O)NC2CCCC2)N(C(=O)c2csnn2)c2ccccc2C)c1. The summed E-state index contributed by atoms with van der Waals surface area (Å²) in [6.45, 7) is 3.93. The number of rotatable bonds is 6. The molecule has 4 rings (SSSR count). The van der Waals surface area contributed by atoms with Crippen molar-refractivity contribution < 1.29 is 9.59 Å². The van der Waals surface area contributed by atoms with Crippen molar-refractivity contribution in [1.29, 1.82) is 0 Å². The highest BCUT2D eigenvalue weighted by molar-refractivity contribution is 7.03. The Labute approximate surface area is 186 Å². The summed E-state index contributed by atoms with van der Waals surface area (Å²) in [6, 6.07) is 14.7. The van der Waals surface area contributed by atoms with Gasteiger partial charge in [0, 0.05) is 17.1 Å².